The molecule has 0 aliphatic heterocycles. The van der Waals surface area contributed by atoms with E-state index in [9.17, 15) is 14.4 Å². The van der Waals surface area contributed by atoms with Crippen LogP contribution >= 0.6 is 0 Å². The number of carbonyl (C=O) groups excluding carboxylic acids is 3. The fourth-order valence-electron chi connectivity index (χ4n) is 9.26. The lowest BCUT2D eigenvalue weighted by atomic mass is 10.0. The maximum atomic E-state index is 12.8. The highest BCUT2D eigenvalue weighted by molar-refractivity contribution is 5.71. The zero-order valence-electron chi connectivity index (χ0n) is 46.6. The number of hydrogen-bond acceptors (Lipinski definition) is 6. The van der Waals surface area contributed by atoms with E-state index in [4.69, 9.17) is 14.2 Å². The monoisotopic (exact) mass is 971 g/mol. The van der Waals surface area contributed by atoms with E-state index in [0.717, 1.165) is 70.6 Å². The predicted molar refractivity (Wildman–Crippen MR) is 298 cm³/mol. The van der Waals surface area contributed by atoms with Crippen LogP contribution in [0.1, 0.15) is 342 Å². The van der Waals surface area contributed by atoms with Crippen LogP contribution in [0.25, 0.3) is 0 Å². The molecule has 0 fully saturated rings. The van der Waals surface area contributed by atoms with Crippen LogP contribution < -0.4 is 0 Å². The molecule has 0 bridgehead atoms. The van der Waals surface area contributed by atoms with Crippen molar-refractivity contribution in [3.8, 4) is 0 Å². The van der Waals surface area contributed by atoms with Gasteiger partial charge >= 0.3 is 17.9 Å². The minimum Gasteiger partial charge on any atom is -0.462 e. The van der Waals surface area contributed by atoms with Crippen LogP contribution in [-0.2, 0) is 28.6 Å². The SMILES string of the molecule is CCCCC/C=C\CCCCCCCC(=O)OCC(COC(=O)CCCCCCCCCCCCCCCCCCCCCCCCCCC)OC(=O)CCCCCCC/C=C\CCCCCCC. The molecule has 0 amide bonds. The molecule has 0 N–H and O–H groups in total. The average molecular weight is 972 g/mol. The summed E-state index contributed by atoms with van der Waals surface area (Å²) >= 11 is 0. The lowest BCUT2D eigenvalue weighted by Gasteiger charge is -2.18. The molecule has 1 unspecified atom stereocenters. The topological polar surface area (TPSA) is 78.9 Å². The van der Waals surface area contributed by atoms with Crippen molar-refractivity contribution in [2.45, 2.75) is 348 Å². The Kier molecular flexibility index (Phi) is 56.7. The largest absolute Gasteiger partial charge is 0.462 e. The highest BCUT2D eigenvalue weighted by atomic mass is 16.6. The molecular formula is C63H118O6. The molecule has 0 saturated carbocycles. The molecule has 6 heteroatoms. The summed E-state index contributed by atoms with van der Waals surface area (Å²) in [5.41, 5.74) is 0. The van der Waals surface area contributed by atoms with E-state index >= 15 is 0 Å². The van der Waals surface area contributed by atoms with Gasteiger partial charge in [0.05, 0.1) is 0 Å². The highest BCUT2D eigenvalue weighted by Gasteiger charge is 2.19. The lowest BCUT2D eigenvalue weighted by molar-refractivity contribution is -0.167. The quantitative estimate of drug-likeness (QED) is 0.0261. The number of rotatable bonds is 57. The standard InChI is InChI=1S/C63H118O6/c1-4-7-10-13-16-19-22-25-27-28-29-30-31-32-33-34-35-36-37-39-41-44-47-50-53-56-62(65)68-59-60(58-67-61(64)55-52-49-46-43-40-24-21-18-15-12-9-6-3)69-63(66)57-54-51-48-45-42-38-26-23-20-17-14-11-8-5-2/h18,21,23,26,60H,4-17,19-20,22,24-25,27-59H2,1-3H3/b21-18-,26-23-. The van der Waals surface area contributed by atoms with Crippen LogP contribution in [0.5, 0.6) is 0 Å². The first kappa shape index (κ1) is 66.9. The predicted octanol–water partition coefficient (Wildman–Crippen LogP) is 20.7. The first-order valence-corrected chi connectivity index (χ1v) is 30.8. The Balaban J connectivity index is 4.19. The third-order valence-corrected chi connectivity index (χ3v) is 13.9. The molecule has 0 radical (unpaired) electrons. The maximum absolute atomic E-state index is 12.8. The molecule has 0 aliphatic rings. The zero-order chi connectivity index (χ0) is 50.0. The molecule has 0 aromatic rings. The van der Waals surface area contributed by atoms with Crippen molar-refractivity contribution in [1.29, 1.82) is 0 Å². The summed E-state index contributed by atoms with van der Waals surface area (Å²) in [6.45, 7) is 6.64. The summed E-state index contributed by atoms with van der Waals surface area (Å²) in [5.74, 6) is -0.870. The van der Waals surface area contributed by atoms with Gasteiger partial charge in [0, 0.05) is 19.3 Å². The average Bonchev–Trinajstić information content (AvgIpc) is 3.35. The van der Waals surface area contributed by atoms with Gasteiger partial charge in [-0.15, -0.1) is 0 Å². The van der Waals surface area contributed by atoms with Gasteiger partial charge in [-0.25, -0.2) is 0 Å². The Morgan fingerprint density at radius 1 is 0.275 bits per heavy atom. The Bertz CT molecular complexity index is 1110. The number of ether oxygens (including phenoxy) is 3. The van der Waals surface area contributed by atoms with Crippen LogP contribution in [0.3, 0.4) is 0 Å². The van der Waals surface area contributed by atoms with Gasteiger partial charge in [0.1, 0.15) is 13.2 Å². The smallest absolute Gasteiger partial charge is 0.306 e. The Morgan fingerprint density at radius 2 is 0.478 bits per heavy atom. The van der Waals surface area contributed by atoms with Gasteiger partial charge in [-0.3, -0.25) is 14.4 Å². The van der Waals surface area contributed by atoms with Crippen molar-refractivity contribution in [3.05, 3.63) is 24.3 Å². The highest BCUT2D eigenvalue weighted by Crippen LogP contribution is 2.17. The third-order valence-electron chi connectivity index (χ3n) is 13.9. The van der Waals surface area contributed by atoms with Crippen molar-refractivity contribution < 1.29 is 28.6 Å². The number of hydrogen-bond donors (Lipinski definition) is 0. The number of allylic oxidation sites excluding steroid dienone is 4. The second-order valence-corrected chi connectivity index (χ2v) is 21.0. The van der Waals surface area contributed by atoms with Crippen LogP contribution in [0.15, 0.2) is 24.3 Å². The van der Waals surface area contributed by atoms with E-state index in [1.807, 2.05) is 0 Å². The van der Waals surface area contributed by atoms with Gasteiger partial charge < -0.3 is 14.2 Å². The van der Waals surface area contributed by atoms with Crippen LogP contribution in [0.2, 0.25) is 0 Å². The van der Waals surface area contributed by atoms with Crippen LogP contribution in [-0.4, -0.2) is 37.2 Å². The minimum absolute atomic E-state index is 0.0728. The number of unbranched alkanes of at least 4 members (excludes halogenated alkanes) is 42. The van der Waals surface area contributed by atoms with Gasteiger partial charge in [0.2, 0.25) is 0 Å². The fourth-order valence-corrected chi connectivity index (χ4v) is 9.26. The summed E-state index contributed by atoms with van der Waals surface area (Å²) < 4.78 is 16.9. The molecule has 6 nitrogen and oxygen atoms in total. The molecule has 406 valence electrons. The molecule has 0 aliphatic carbocycles. The normalized spacial score (nSPS) is 12.1. The van der Waals surface area contributed by atoms with Crippen molar-refractivity contribution in [3.63, 3.8) is 0 Å². The molecule has 0 saturated heterocycles. The molecule has 1 atom stereocenters. The molecule has 69 heavy (non-hydrogen) atoms. The van der Waals surface area contributed by atoms with Crippen molar-refractivity contribution >= 4 is 17.9 Å². The van der Waals surface area contributed by atoms with Gasteiger partial charge in [-0.1, -0.05) is 276 Å². The van der Waals surface area contributed by atoms with E-state index in [1.165, 1.54) is 231 Å². The van der Waals surface area contributed by atoms with E-state index in [0.29, 0.717) is 19.3 Å². The summed E-state index contributed by atoms with van der Waals surface area (Å²) in [6.07, 6.45) is 69.1. The zero-order valence-corrected chi connectivity index (χ0v) is 46.6. The molecular weight excluding hydrogens is 853 g/mol. The van der Waals surface area contributed by atoms with Gasteiger partial charge in [-0.05, 0) is 70.6 Å². The van der Waals surface area contributed by atoms with Gasteiger partial charge in [0.15, 0.2) is 6.10 Å². The van der Waals surface area contributed by atoms with Crippen LogP contribution in [0, 0.1) is 0 Å². The summed E-state index contributed by atoms with van der Waals surface area (Å²) in [4.78, 5) is 38.1. The van der Waals surface area contributed by atoms with E-state index < -0.39 is 6.10 Å². The Morgan fingerprint density at radius 3 is 0.754 bits per heavy atom. The summed E-state index contributed by atoms with van der Waals surface area (Å²) in [6, 6.07) is 0. The maximum Gasteiger partial charge on any atom is 0.306 e. The van der Waals surface area contributed by atoms with Gasteiger partial charge in [0.25, 0.3) is 0 Å². The molecule has 0 aromatic carbocycles. The first-order valence-electron chi connectivity index (χ1n) is 30.8. The Hall–Kier alpha value is -2.11. The van der Waals surface area contributed by atoms with Crippen LogP contribution in [0.4, 0.5) is 0 Å². The van der Waals surface area contributed by atoms with Crippen molar-refractivity contribution in [1.82, 2.24) is 0 Å². The van der Waals surface area contributed by atoms with E-state index in [-0.39, 0.29) is 31.1 Å². The fraction of sp³-hybridized carbons (Fsp3) is 0.889. The van der Waals surface area contributed by atoms with Gasteiger partial charge in [-0.2, -0.15) is 0 Å². The van der Waals surface area contributed by atoms with E-state index in [2.05, 4.69) is 45.1 Å². The molecule has 0 spiro atoms. The second-order valence-electron chi connectivity index (χ2n) is 21.0. The van der Waals surface area contributed by atoms with Crippen molar-refractivity contribution in [2.24, 2.45) is 0 Å². The van der Waals surface area contributed by atoms with Crippen molar-refractivity contribution in [2.75, 3.05) is 13.2 Å². The molecule has 0 heterocycles. The third kappa shape index (κ3) is 56.7. The molecule has 0 aromatic heterocycles. The summed E-state index contributed by atoms with van der Waals surface area (Å²) in [7, 11) is 0. The molecule has 0 rings (SSSR count). The lowest BCUT2D eigenvalue weighted by Crippen LogP contribution is -2.30. The summed E-state index contributed by atoms with van der Waals surface area (Å²) in [5, 5.41) is 0. The number of esters is 3. The first-order chi connectivity index (χ1) is 34.0. The number of carbonyl (C=O) groups is 3. The minimum atomic E-state index is -0.775. The second kappa shape index (κ2) is 58.5. The van der Waals surface area contributed by atoms with E-state index in [1.54, 1.807) is 0 Å². The Labute approximate surface area is 430 Å².